The van der Waals surface area contributed by atoms with Gasteiger partial charge in [-0.2, -0.15) is 13.2 Å². The molecule has 0 aliphatic heterocycles. The molecule has 1 unspecified atom stereocenters. The molecule has 2 rings (SSSR count). The van der Waals surface area contributed by atoms with Crippen molar-refractivity contribution in [1.29, 1.82) is 0 Å². The lowest BCUT2D eigenvalue weighted by Gasteiger charge is -2.16. The summed E-state index contributed by atoms with van der Waals surface area (Å²) in [6.07, 6.45) is -3.34. The fourth-order valence-corrected chi connectivity index (χ4v) is 3.93. The SMILES string of the molecule is CCC(COc1ccc(C(F)(F)F)cc1)CSc1ccc(CC(=O)OC)cc1Cl. The van der Waals surface area contributed by atoms with Gasteiger partial charge in [0.2, 0.25) is 0 Å². The minimum absolute atomic E-state index is 0.166. The average Bonchev–Trinajstić information content (AvgIpc) is 2.69. The molecule has 29 heavy (non-hydrogen) atoms. The highest BCUT2D eigenvalue weighted by Gasteiger charge is 2.30. The average molecular weight is 447 g/mol. The van der Waals surface area contributed by atoms with Crippen molar-refractivity contribution >= 4 is 29.3 Å². The summed E-state index contributed by atoms with van der Waals surface area (Å²) in [6.45, 7) is 2.43. The van der Waals surface area contributed by atoms with E-state index in [4.69, 9.17) is 16.3 Å². The van der Waals surface area contributed by atoms with Crippen LogP contribution in [0.25, 0.3) is 0 Å². The van der Waals surface area contributed by atoms with Crippen molar-refractivity contribution in [3.63, 3.8) is 0 Å². The van der Waals surface area contributed by atoms with E-state index in [0.717, 1.165) is 34.8 Å². The molecule has 1 atom stereocenters. The molecule has 2 aromatic carbocycles. The first-order valence-corrected chi connectivity index (χ1v) is 10.4. The number of carbonyl (C=O) groups excluding carboxylic acids is 1. The topological polar surface area (TPSA) is 35.5 Å². The molecule has 0 N–H and O–H groups in total. The maximum atomic E-state index is 12.6. The van der Waals surface area contributed by atoms with E-state index in [9.17, 15) is 18.0 Å². The third-order valence-corrected chi connectivity index (χ3v) is 6.02. The van der Waals surface area contributed by atoms with E-state index >= 15 is 0 Å². The number of ether oxygens (including phenoxy) is 2. The Morgan fingerprint density at radius 3 is 2.41 bits per heavy atom. The van der Waals surface area contributed by atoms with Gasteiger partial charge in [0.05, 0.1) is 30.7 Å². The summed E-state index contributed by atoms with van der Waals surface area (Å²) >= 11 is 7.89. The summed E-state index contributed by atoms with van der Waals surface area (Å²) in [4.78, 5) is 12.2. The molecule has 0 aromatic heterocycles. The second kappa shape index (κ2) is 10.8. The first-order chi connectivity index (χ1) is 13.7. The van der Waals surface area contributed by atoms with Crippen LogP contribution in [-0.4, -0.2) is 25.4 Å². The number of alkyl halides is 3. The Labute approximate surface area is 177 Å². The third-order valence-electron chi connectivity index (χ3n) is 4.29. The van der Waals surface area contributed by atoms with E-state index in [1.807, 2.05) is 19.1 Å². The zero-order valence-corrected chi connectivity index (χ0v) is 17.7. The summed E-state index contributed by atoms with van der Waals surface area (Å²) < 4.78 is 48.1. The third kappa shape index (κ3) is 7.48. The lowest BCUT2D eigenvalue weighted by molar-refractivity contribution is -0.140. The second-order valence-corrected chi connectivity index (χ2v) is 7.91. The van der Waals surface area contributed by atoms with Gasteiger partial charge >= 0.3 is 12.1 Å². The normalized spacial score (nSPS) is 12.5. The van der Waals surface area contributed by atoms with Gasteiger partial charge in [-0.25, -0.2) is 0 Å². The number of halogens is 4. The summed E-state index contributed by atoms with van der Waals surface area (Å²) in [5.41, 5.74) is 0.0848. The quantitative estimate of drug-likeness (QED) is 0.336. The number of carbonyl (C=O) groups is 1. The number of thioether (sulfide) groups is 1. The van der Waals surface area contributed by atoms with Crippen LogP contribution in [0.4, 0.5) is 13.2 Å². The molecule has 2 aromatic rings. The minimum Gasteiger partial charge on any atom is -0.493 e. The van der Waals surface area contributed by atoms with Gasteiger partial charge in [0.15, 0.2) is 0 Å². The minimum atomic E-state index is -4.35. The maximum Gasteiger partial charge on any atom is 0.416 e. The Morgan fingerprint density at radius 1 is 1.17 bits per heavy atom. The molecule has 0 bridgehead atoms. The molecule has 8 heteroatoms. The lowest BCUT2D eigenvalue weighted by atomic mass is 10.1. The van der Waals surface area contributed by atoms with Crippen molar-refractivity contribution in [1.82, 2.24) is 0 Å². The van der Waals surface area contributed by atoms with Gasteiger partial charge in [0.1, 0.15) is 5.75 Å². The molecular formula is C21H22ClF3O3S. The fraction of sp³-hybridized carbons (Fsp3) is 0.381. The van der Waals surface area contributed by atoms with Crippen LogP contribution in [0.15, 0.2) is 47.4 Å². The first kappa shape index (κ1) is 23.4. The number of benzene rings is 2. The summed E-state index contributed by atoms with van der Waals surface area (Å²) in [5.74, 6) is 1.03. The van der Waals surface area contributed by atoms with Crippen LogP contribution in [0.5, 0.6) is 5.75 Å². The molecule has 3 nitrogen and oxygen atoms in total. The van der Waals surface area contributed by atoms with Crippen molar-refractivity contribution in [2.75, 3.05) is 19.5 Å². The summed E-state index contributed by atoms with van der Waals surface area (Å²) in [6, 6.07) is 10.2. The highest BCUT2D eigenvalue weighted by Crippen LogP contribution is 2.32. The molecule has 0 aliphatic rings. The molecular weight excluding hydrogens is 425 g/mol. The number of rotatable bonds is 9. The summed E-state index contributed by atoms with van der Waals surface area (Å²) in [5, 5.41) is 0.565. The fourth-order valence-electron chi connectivity index (χ4n) is 2.46. The molecule has 0 saturated heterocycles. The predicted octanol–water partition coefficient (Wildman–Crippen LogP) is 6.27. The van der Waals surface area contributed by atoms with Crippen LogP contribution < -0.4 is 4.74 Å². The molecule has 158 valence electrons. The van der Waals surface area contributed by atoms with Crippen molar-refractivity contribution in [3.8, 4) is 5.75 Å². The Kier molecular flexibility index (Phi) is 8.71. The van der Waals surface area contributed by atoms with E-state index in [2.05, 4.69) is 4.74 Å². The number of hydrogen-bond donors (Lipinski definition) is 0. The largest absolute Gasteiger partial charge is 0.493 e. The Balaban J connectivity index is 1.88. The monoisotopic (exact) mass is 446 g/mol. The van der Waals surface area contributed by atoms with Gasteiger partial charge in [-0.1, -0.05) is 24.6 Å². The second-order valence-electron chi connectivity index (χ2n) is 6.44. The molecule has 0 spiro atoms. The van der Waals surface area contributed by atoms with Crippen LogP contribution in [0.3, 0.4) is 0 Å². The van der Waals surface area contributed by atoms with Crippen LogP contribution in [0.1, 0.15) is 24.5 Å². The van der Waals surface area contributed by atoms with Crippen molar-refractivity contribution in [3.05, 3.63) is 58.6 Å². The van der Waals surface area contributed by atoms with Gasteiger partial charge in [0.25, 0.3) is 0 Å². The standard InChI is InChI=1S/C21H22ClF3O3S/c1-3-14(12-28-17-7-5-16(6-8-17)21(23,24)25)13-29-19-9-4-15(10-18(19)22)11-20(26)27-2/h4-10,14H,3,11-13H2,1-2H3. The van der Waals surface area contributed by atoms with E-state index in [1.54, 1.807) is 17.8 Å². The molecule has 0 heterocycles. The Morgan fingerprint density at radius 2 is 1.86 bits per heavy atom. The zero-order chi connectivity index (χ0) is 21.4. The van der Waals surface area contributed by atoms with Crippen molar-refractivity contribution < 1.29 is 27.4 Å². The van der Waals surface area contributed by atoms with Crippen LogP contribution >= 0.6 is 23.4 Å². The Bertz CT molecular complexity index is 810. The summed E-state index contributed by atoms with van der Waals surface area (Å²) in [7, 11) is 1.34. The van der Waals surface area contributed by atoms with Gasteiger partial charge in [-0.15, -0.1) is 11.8 Å². The van der Waals surface area contributed by atoms with Gasteiger partial charge in [0, 0.05) is 16.6 Å². The smallest absolute Gasteiger partial charge is 0.416 e. The number of hydrogen-bond acceptors (Lipinski definition) is 4. The molecule has 0 fully saturated rings. The van der Waals surface area contributed by atoms with Gasteiger partial charge in [-0.3, -0.25) is 4.79 Å². The molecule has 0 aliphatic carbocycles. The Hall–Kier alpha value is -1.86. The van der Waals surface area contributed by atoms with E-state index < -0.39 is 11.7 Å². The van der Waals surface area contributed by atoms with Crippen molar-refractivity contribution in [2.45, 2.75) is 30.8 Å². The number of esters is 1. The van der Waals surface area contributed by atoms with Crippen LogP contribution in [-0.2, 0) is 22.1 Å². The van der Waals surface area contributed by atoms with Crippen molar-refractivity contribution in [2.24, 2.45) is 5.92 Å². The van der Waals surface area contributed by atoms with Crippen LogP contribution in [0.2, 0.25) is 5.02 Å². The van der Waals surface area contributed by atoms with Crippen LogP contribution in [0, 0.1) is 5.92 Å². The molecule has 0 radical (unpaired) electrons. The molecule has 0 saturated carbocycles. The highest BCUT2D eigenvalue weighted by molar-refractivity contribution is 7.99. The first-order valence-electron chi connectivity index (χ1n) is 9.01. The van der Waals surface area contributed by atoms with Gasteiger partial charge < -0.3 is 9.47 Å². The maximum absolute atomic E-state index is 12.6. The number of methoxy groups -OCH3 is 1. The van der Waals surface area contributed by atoms with E-state index in [-0.39, 0.29) is 18.3 Å². The highest BCUT2D eigenvalue weighted by atomic mass is 35.5. The van der Waals surface area contributed by atoms with E-state index in [0.29, 0.717) is 17.4 Å². The zero-order valence-electron chi connectivity index (χ0n) is 16.1. The molecule has 0 amide bonds. The predicted molar refractivity (Wildman–Crippen MR) is 109 cm³/mol. The van der Waals surface area contributed by atoms with E-state index in [1.165, 1.54) is 19.2 Å². The van der Waals surface area contributed by atoms with Gasteiger partial charge in [-0.05, 0) is 48.4 Å². The lowest BCUT2D eigenvalue weighted by Crippen LogP contribution is -2.14.